The summed E-state index contributed by atoms with van der Waals surface area (Å²) in [6.45, 7) is 7.67. The monoisotopic (exact) mass is 297 g/mol. The van der Waals surface area contributed by atoms with E-state index in [9.17, 15) is 4.39 Å². The van der Waals surface area contributed by atoms with Crippen molar-refractivity contribution >= 4 is 11.6 Å². The van der Waals surface area contributed by atoms with E-state index in [1.807, 2.05) is 6.07 Å². The minimum atomic E-state index is -0.254. The molecule has 1 N–H and O–H groups in total. The maximum absolute atomic E-state index is 13.1. The van der Waals surface area contributed by atoms with Gasteiger partial charge in [0.2, 0.25) is 0 Å². The topological polar surface area (TPSA) is 12.0 Å². The van der Waals surface area contributed by atoms with Crippen molar-refractivity contribution in [1.82, 2.24) is 5.32 Å². The van der Waals surface area contributed by atoms with E-state index < -0.39 is 0 Å². The van der Waals surface area contributed by atoms with Gasteiger partial charge in [-0.1, -0.05) is 24.1 Å². The maximum atomic E-state index is 13.1. The van der Waals surface area contributed by atoms with Gasteiger partial charge in [0, 0.05) is 10.6 Å². The fourth-order valence-corrected chi connectivity index (χ4v) is 3.30. The van der Waals surface area contributed by atoms with E-state index in [2.05, 4.69) is 26.1 Å². The highest BCUT2D eigenvalue weighted by atomic mass is 35.5. The number of halogens is 2. The molecule has 0 spiro atoms. The van der Waals surface area contributed by atoms with Gasteiger partial charge in [-0.3, -0.25) is 0 Å². The summed E-state index contributed by atoms with van der Waals surface area (Å²) >= 11 is 6.15. The lowest BCUT2D eigenvalue weighted by atomic mass is 9.89. The molecule has 0 saturated heterocycles. The van der Waals surface area contributed by atoms with Gasteiger partial charge in [0.1, 0.15) is 5.82 Å². The van der Waals surface area contributed by atoms with Gasteiger partial charge in [-0.15, -0.1) is 0 Å². The number of hydrogen-bond donors (Lipinski definition) is 1. The molecule has 1 saturated carbocycles. The minimum Gasteiger partial charge on any atom is -0.312 e. The summed E-state index contributed by atoms with van der Waals surface area (Å²) in [7, 11) is 0. The molecule has 2 unspecified atom stereocenters. The van der Waals surface area contributed by atoms with Crippen LogP contribution in [0.15, 0.2) is 18.2 Å². The lowest BCUT2D eigenvalue weighted by Crippen LogP contribution is -2.40. The van der Waals surface area contributed by atoms with Crippen LogP contribution in [0.5, 0.6) is 0 Å². The van der Waals surface area contributed by atoms with Gasteiger partial charge in [0.15, 0.2) is 0 Å². The molecule has 0 bridgehead atoms. The Kier molecular flexibility index (Phi) is 5.09. The van der Waals surface area contributed by atoms with Crippen LogP contribution in [-0.2, 0) is 6.42 Å². The summed E-state index contributed by atoms with van der Waals surface area (Å²) in [4.78, 5) is 0. The van der Waals surface area contributed by atoms with Gasteiger partial charge in [-0.25, -0.2) is 4.39 Å². The molecule has 0 heterocycles. The van der Waals surface area contributed by atoms with Crippen LogP contribution in [-0.4, -0.2) is 12.1 Å². The largest absolute Gasteiger partial charge is 0.312 e. The van der Waals surface area contributed by atoms with E-state index in [4.69, 9.17) is 11.6 Å². The zero-order valence-corrected chi connectivity index (χ0v) is 13.4. The summed E-state index contributed by atoms with van der Waals surface area (Å²) in [6.07, 6.45) is 4.80. The van der Waals surface area contributed by atoms with Crippen LogP contribution in [0.1, 0.15) is 45.6 Å². The SMILES string of the molecule is CC(C)(C)NCC1CCCC1Cc1ccc(F)cc1Cl. The van der Waals surface area contributed by atoms with Gasteiger partial charge in [0.05, 0.1) is 0 Å². The van der Waals surface area contributed by atoms with Gasteiger partial charge in [-0.05, 0) is 76.1 Å². The average Bonchev–Trinajstić information content (AvgIpc) is 2.77. The molecule has 1 fully saturated rings. The minimum absolute atomic E-state index is 0.167. The van der Waals surface area contributed by atoms with E-state index >= 15 is 0 Å². The Bertz CT molecular complexity index is 453. The molecule has 1 aliphatic carbocycles. The number of benzene rings is 1. The van der Waals surface area contributed by atoms with Crippen molar-refractivity contribution in [3.63, 3.8) is 0 Å². The van der Waals surface area contributed by atoms with Crippen molar-refractivity contribution in [2.75, 3.05) is 6.54 Å². The zero-order chi connectivity index (χ0) is 14.8. The van der Waals surface area contributed by atoms with Gasteiger partial charge in [-0.2, -0.15) is 0 Å². The molecule has 0 radical (unpaired) electrons. The molecular formula is C17H25ClFN. The van der Waals surface area contributed by atoms with Crippen molar-refractivity contribution in [3.05, 3.63) is 34.6 Å². The van der Waals surface area contributed by atoms with Crippen LogP contribution in [0.25, 0.3) is 0 Å². The van der Waals surface area contributed by atoms with Gasteiger partial charge in [0.25, 0.3) is 0 Å². The standard InChI is InChI=1S/C17H25ClFN/c1-17(2,3)20-11-14-6-4-5-12(14)9-13-7-8-15(19)10-16(13)18/h7-8,10,12,14,20H,4-6,9,11H2,1-3H3. The Morgan fingerprint density at radius 3 is 2.60 bits per heavy atom. The molecule has 1 aromatic rings. The maximum Gasteiger partial charge on any atom is 0.124 e. The number of hydrogen-bond acceptors (Lipinski definition) is 1. The Hall–Kier alpha value is -0.600. The molecule has 1 nitrogen and oxygen atoms in total. The first-order valence-corrected chi connectivity index (χ1v) is 7.92. The van der Waals surface area contributed by atoms with Crippen molar-refractivity contribution in [1.29, 1.82) is 0 Å². The third kappa shape index (κ3) is 4.46. The number of rotatable bonds is 4. The summed E-state index contributed by atoms with van der Waals surface area (Å²) in [5.74, 6) is 1.11. The van der Waals surface area contributed by atoms with E-state index in [0.29, 0.717) is 16.9 Å². The Morgan fingerprint density at radius 1 is 1.25 bits per heavy atom. The van der Waals surface area contributed by atoms with Gasteiger partial charge < -0.3 is 5.32 Å². The molecule has 20 heavy (non-hydrogen) atoms. The Morgan fingerprint density at radius 2 is 1.95 bits per heavy atom. The highest BCUT2D eigenvalue weighted by Crippen LogP contribution is 2.35. The zero-order valence-electron chi connectivity index (χ0n) is 12.7. The molecule has 3 heteroatoms. The summed E-state index contributed by atoms with van der Waals surface area (Å²) in [5, 5.41) is 4.18. The summed E-state index contributed by atoms with van der Waals surface area (Å²) in [5.41, 5.74) is 1.25. The van der Waals surface area contributed by atoms with E-state index in [0.717, 1.165) is 18.5 Å². The first-order chi connectivity index (χ1) is 9.35. The van der Waals surface area contributed by atoms with Crippen LogP contribution in [0.2, 0.25) is 5.02 Å². The average molecular weight is 298 g/mol. The predicted octanol–water partition coefficient (Wildman–Crippen LogP) is 4.83. The van der Waals surface area contributed by atoms with Crippen molar-refractivity contribution in [2.24, 2.45) is 11.8 Å². The van der Waals surface area contributed by atoms with Crippen LogP contribution in [0.4, 0.5) is 4.39 Å². The van der Waals surface area contributed by atoms with Crippen LogP contribution in [0.3, 0.4) is 0 Å². The van der Waals surface area contributed by atoms with Crippen LogP contribution >= 0.6 is 11.6 Å². The fourth-order valence-electron chi connectivity index (χ4n) is 3.06. The first kappa shape index (κ1) is 15.8. The summed E-state index contributed by atoms with van der Waals surface area (Å²) in [6, 6.07) is 4.77. The lowest BCUT2D eigenvalue weighted by Gasteiger charge is -2.26. The molecular weight excluding hydrogens is 273 g/mol. The predicted molar refractivity (Wildman–Crippen MR) is 83.7 cm³/mol. The smallest absolute Gasteiger partial charge is 0.124 e. The van der Waals surface area contributed by atoms with Crippen LogP contribution < -0.4 is 5.32 Å². The molecule has 1 aliphatic rings. The quantitative estimate of drug-likeness (QED) is 0.839. The molecule has 0 amide bonds. The first-order valence-electron chi connectivity index (χ1n) is 7.54. The second-order valence-corrected chi connectivity index (χ2v) is 7.43. The fraction of sp³-hybridized carbons (Fsp3) is 0.647. The molecule has 0 aliphatic heterocycles. The van der Waals surface area contributed by atoms with E-state index in [-0.39, 0.29) is 11.4 Å². The second kappa shape index (κ2) is 6.44. The van der Waals surface area contributed by atoms with E-state index in [1.165, 1.54) is 31.4 Å². The summed E-state index contributed by atoms with van der Waals surface area (Å²) < 4.78 is 13.1. The van der Waals surface area contributed by atoms with E-state index in [1.54, 1.807) is 0 Å². The van der Waals surface area contributed by atoms with Crippen LogP contribution in [0, 0.1) is 17.7 Å². The molecule has 112 valence electrons. The third-order valence-electron chi connectivity index (χ3n) is 4.21. The number of nitrogens with one attached hydrogen (secondary N) is 1. The second-order valence-electron chi connectivity index (χ2n) is 7.02. The normalized spacial score (nSPS) is 23.2. The molecule has 2 atom stereocenters. The Labute approximate surface area is 126 Å². The lowest BCUT2D eigenvalue weighted by molar-refractivity contribution is 0.317. The van der Waals surface area contributed by atoms with Crippen molar-refractivity contribution in [2.45, 2.75) is 52.0 Å². The highest BCUT2D eigenvalue weighted by molar-refractivity contribution is 6.31. The highest BCUT2D eigenvalue weighted by Gasteiger charge is 2.28. The molecule has 0 aromatic heterocycles. The molecule has 2 rings (SSSR count). The third-order valence-corrected chi connectivity index (χ3v) is 4.56. The van der Waals surface area contributed by atoms with Crippen molar-refractivity contribution in [3.8, 4) is 0 Å². The van der Waals surface area contributed by atoms with Gasteiger partial charge >= 0.3 is 0 Å². The van der Waals surface area contributed by atoms with Crippen molar-refractivity contribution < 1.29 is 4.39 Å². The molecule has 1 aromatic carbocycles. The Balaban J connectivity index is 1.97.